The van der Waals surface area contributed by atoms with Gasteiger partial charge in [0.15, 0.2) is 0 Å². The first-order chi connectivity index (χ1) is 14.5. The van der Waals surface area contributed by atoms with E-state index in [4.69, 9.17) is 0 Å². The maximum absolute atomic E-state index is 12.6. The van der Waals surface area contributed by atoms with E-state index in [2.05, 4.69) is 21.7 Å². The number of benzene rings is 2. The molecule has 0 saturated heterocycles. The molecule has 0 unspecified atom stereocenters. The van der Waals surface area contributed by atoms with Crippen LogP contribution in [0.5, 0.6) is 0 Å². The minimum Gasteiger partial charge on any atom is -0.325 e. The number of nitrogens with one attached hydrogen (secondary N) is 2. The Balaban J connectivity index is 1.69. The number of nitrogens with zero attached hydrogens (tertiary/aromatic N) is 2. The zero-order valence-electron chi connectivity index (χ0n) is 16.6. The van der Waals surface area contributed by atoms with Crippen molar-refractivity contribution in [3.05, 3.63) is 83.0 Å². The van der Waals surface area contributed by atoms with E-state index in [0.29, 0.717) is 27.5 Å². The maximum Gasteiger partial charge on any atom is 0.257 e. The lowest BCUT2D eigenvalue weighted by Gasteiger charge is -2.12. The molecule has 2 N–H and O–H groups in total. The van der Waals surface area contributed by atoms with Gasteiger partial charge in [0, 0.05) is 11.4 Å². The number of hydrogen-bond acceptors (Lipinski definition) is 5. The number of para-hydroxylation sites is 2. The molecule has 1 aromatic heterocycles. The number of pyridine rings is 1. The van der Waals surface area contributed by atoms with E-state index in [9.17, 15) is 14.9 Å². The summed E-state index contributed by atoms with van der Waals surface area (Å²) in [5, 5.41) is 15.5. The molecule has 0 aliphatic heterocycles. The molecular weight excluding hydrogens is 396 g/mol. The Bertz CT molecular complexity index is 1120. The van der Waals surface area contributed by atoms with Gasteiger partial charge in [0.05, 0.1) is 22.6 Å². The summed E-state index contributed by atoms with van der Waals surface area (Å²) in [6.45, 7) is 3.69. The molecule has 7 heteroatoms. The highest BCUT2D eigenvalue weighted by atomic mass is 32.2. The molecule has 2 aromatic carbocycles. The summed E-state index contributed by atoms with van der Waals surface area (Å²) in [6.07, 6.45) is 0. The van der Waals surface area contributed by atoms with Crippen LogP contribution in [0.2, 0.25) is 0 Å². The largest absolute Gasteiger partial charge is 0.325 e. The van der Waals surface area contributed by atoms with E-state index >= 15 is 0 Å². The first kappa shape index (κ1) is 21.1. The van der Waals surface area contributed by atoms with Crippen molar-refractivity contribution in [1.82, 2.24) is 4.98 Å². The third-order valence-corrected chi connectivity index (χ3v) is 5.22. The van der Waals surface area contributed by atoms with Crippen molar-refractivity contribution in [2.45, 2.75) is 18.9 Å². The molecule has 0 spiro atoms. The van der Waals surface area contributed by atoms with E-state index in [1.54, 1.807) is 36.4 Å². The molecule has 0 radical (unpaired) electrons. The molecule has 3 aromatic rings. The summed E-state index contributed by atoms with van der Waals surface area (Å²) < 4.78 is 0. The lowest BCUT2D eigenvalue weighted by molar-refractivity contribution is -0.113. The SMILES string of the molecule is Cc1cc(C)c(C#N)c(SCC(=O)Nc2ccccc2C(=O)Nc2ccccc2)n1. The van der Waals surface area contributed by atoms with Crippen molar-refractivity contribution in [3.8, 4) is 6.07 Å². The van der Waals surface area contributed by atoms with Gasteiger partial charge < -0.3 is 10.6 Å². The van der Waals surface area contributed by atoms with Crippen LogP contribution in [0.1, 0.15) is 27.2 Å². The molecule has 3 rings (SSSR count). The number of aryl methyl sites for hydroxylation is 2. The Morgan fingerprint density at radius 3 is 2.47 bits per heavy atom. The van der Waals surface area contributed by atoms with E-state index in [1.165, 1.54) is 11.8 Å². The monoisotopic (exact) mass is 416 g/mol. The Morgan fingerprint density at radius 2 is 1.73 bits per heavy atom. The summed E-state index contributed by atoms with van der Waals surface area (Å²) in [7, 11) is 0. The number of thioether (sulfide) groups is 1. The Morgan fingerprint density at radius 1 is 1.03 bits per heavy atom. The zero-order valence-corrected chi connectivity index (χ0v) is 17.4. The van der Waals surface area contributed by atoms with Crippen LogP contribution in [-0.2, 0) is 4.79 Å². The molecule has 0 fully saturated rings. The van der Waals surface area contributed by atoms with E-state index in [0.717, 1.165) is 11.3 Å². The van der Waals surface area contributed by atoms with Crippen molar-refractivity contribution in [2.75, 3.05) is 16.4 Å². The molecule has 6 nitrogen and oxygen atoms in total. The fourth-order valence-corrected chi connectivity index (χ4v) is 3.77. The lowest BCUT2D eigenvalue weighted by atomic mass is 10.1. The molecular formula is C23H20N4O2S. The third kappa shape index (κ3) is 5.25. The Hall–Kier alpha value is -3.63. The predicted molar refractivity (Wildman–Crippen MR) is 119 cm³/mol. The second-order valence-electron chi connectivity index (χ2n) is 6.58. The number of rotatable bonds is 6. The molecule has 30 heavy (non-hydrogen) atoms. The van der Waals surface area contributed by atoms with Gasteiger partial charge in [0.25, 0.3) is 5.91 Å². The molecule has 1 heterocycles. The molecule has 0 bridgehead atoms. The Kier molecular flexibility index (Phi) is 6.83. The number of carbonyl (C=O) groups excluding carboxylic acids is 2. The second kappa shape index (κ2) is 9.72. The van der Waals surface area contributed by atoms with Crippen LogP contribution in [0.15, 0.2) is 65.7 Å². The van der Waals surface area contributed by atoms with Gasteiger partial charge in [-0.2, -0.15) is 5.26 Å². The normalized spacial score (nSPS) is 10.2. The van der Waals surface area contributed by atoms with Crippen LogP contribution in [0.25, 0.3) is 0 Å². The summed E-state index contributed by atoms with van der Waals surface area (Å²) in [4.78, 5) is 29.5. The third-order valence-electron chi connectivity index (χ3n) is 4.24. The molecule has 2 amide bonds. The van der Waals surface area contributed by atoms with Crippen molar-refractivity contribution in [1.29, 1.82) is 5.26 Å². The number of nitriles is 1. The highest BCUT2D eigenvalue weighted by molar-refractivity contribution is 8.00. The van der Waals surface area contributed by atoms with E-state index in [-0.39, 0.29) is 17.6 Å². The average molecular weight is 417 g/mol. The molecule has 0 aliphatic rings. The predicted octanol–water partition coefficient (Wildman–Crippen LogP) is 4.55. The van der Waals surface area contributed by atoms with E-state index < -0.39 is 0 Å². The van der Waals surface area contributed by atoms with Gasteiger partial charge in [-0.05, 0) is 49.7 Å². The number of hydrogen-bond donors (Lipinski definition) is 2. The quantitative estimate of drug-likeness (QED) is 0.575. The van der Waals surface area contributed by atoms with E-state index in [1.807, 2.05) is 38.1 Å². The van der Waals surface area contributed by atoms with Crippen LogP contribution in [0.3, 0.4) is 0 Å². The number of aromatic nitrogens is 1. The van der Waals surface area contributed by atoms with Crippen molar-refractivity contribution in [2.24, 2.45) is 0 Å². The smallest absolute Gasteiger partial charge is 0.257 e. The zero-order chi connectivity index (χ0) is 21.5. The van der Waals surface area contributed by atoms with Gasteiger partial charge in [-0.25, -0.2) is 4.98 Å². The average Bonchev–Trinajstić information content (AvgIpc) is 2.73. The molecule has 0 aliphatic carbocycles. The van der Waals surface area contributed by atoms with Gasteiger partial charge >= 0.3 is 0 Å². The van der Waals surface area contributed by atoms with Crippen molar-refractivity contribution in [3.63, 3.8) is 0 Å². The fourth-order valence-electron chi connectivity index (χ4n) is 2.87. The number of amides is 2. The summed E-state index contributed by atoms with van der Waals surface area (Å²) in [5.41, 5.74) is 3.55. The highest BCUT2D eigenvalue weighted by Crippen LogP contribution is 2.24. The minimum absolute atomic E-state index is 0.0687. The van der Waals surface area contributed by atoms with Gasteiger partial charge in [0.2, 0.25) is 5.91 Å². The van der Waals surface area contributed by atoms with Crippen LogP contribution in [0.4, 0.5) is 11.4 Å². The van der Waals surface area contributed by atoms with Gasteiger partial charge in [0.1, 0.15) is 11.1 Å². The first-order valence-corrected chi connectivity index (χ1v) is 10.2. The topological polar surface area (TPSA) is 94.9 Å². The van der Waals surface area contributed by atoms with Crippen molar-refractivity contribution >= 4 is 35.0 Å². The summed E-state index contributed by atoms with van der Waals surface area (Å²) >= 11 is 1.20. The molecule has 0 atom stereocenters. The van der Waals surface area contributed by atoms with Gasteiger partial charge in [-0.3, -0.25) is 9.59 Å². The highest BCUT2D eigenvalue weighted by Gasteiger charge is 2.15. The van der Waals surface area contributed by atoms with Crippen molar-refractivity contribution < 1.29 is 9.59 Å². The number of anilines is 2. The lowest BCUT2D eigenvalue weighted by Crippen LogP contribution is -2.19. The van der Waals surface area contributed by atoms with Crippen LogP contribution < -0.4 is 10.6 Å². The van der Waals surface area contributed by atoms with Crippen LogP contribution in [0, 0.1) is 25.2 Å². The Labute approximate surface area is 179 Å². The maximum atomic E-state index is 12.6. The first-order valence-electron chi connectivity index (χ1n) is 9.24. The van der Waals surface area contributed by atoms with Crippen LogP contribution >= 0.6 is 11.8 Å². The number of carbonyl (C=O) groups is 2. The standard InChI is InChI=1S/C23H20N4O2S/c1-15-12-16(2)25-23(19(15)13-24)30-14-21(28)27-20-11-7-6-10-18(20)22(29)26-17-8-4-3-5-9-17/h3-12H,14H2,1-2H3,(H,26,29)(H,27,28). The molecule has 150 valence electrons. The second-order valence-corrected chi connectivity index (χ2v) is 7.54. The molecule has 0 saturated carbocycles. The summed E-state index contributed by atoms with van der Waals surface area (Å²) in [5.74, 6) is -0.531. The minimum atomic E-state index is -0.313. The fraction of sp³-hybridized carbons (Fsp3) is 0.130. The van der Waals surface area contributed by atoms with Crippen LogP contribution in [-0.4, -0.2) is 22.6 Å². The van der Waals surface area contributed by atoms with Gasteiger partial charge in [-0.15, -0.1) is 0 Å². The summed E-state index contributed by atoms with van der Waals surface area (Å²) in [6, 6.07) is 19.9. The van der Waals surface area contributed by atoms with Gasteiger partial charge in [-0.1, -0.05) is 42.1 Å².